The molecule has 0 unspecified atom stereocenters. The van der Waals surface area contributed by atoms with Gasteiger partial charge in [0.2, 0.25) is 5.91 Å². The monoisotopic (exact) mass is 378 g/mol. The van der Waals surface area contributed by atoms with Crippen molar-refractivity contribution < 1.29 is 19.1 Å². The summed E-state index contributed by atoms with van der Waals surface area (Å²) in [4.78, 5) is 38.3. The fourth-order valence-electron chi connectivity index (χ4n) is 3.73. The Labute approximate surface area is 163 Å². The molecule has 1 fully saturated rings. The zero-order valence-corrected chi connectivity index (χ0v) is 15.5. The van der Waals surface area contributed by atoms with Gasteiger partial charge in [0, 0.05) is 13.0 Å². The van der Waals surface area contributed by atoms with E-state index >= 15 is 0 Å². The highest BCUT2D eigenvalue weighted by molar-refractivity contribution is 6.21. The minimum Gasteiger partial charge on any atom is -0.488 e. The fraction of sp³-hybridized carbons (Fsp3) is 0.318. The zero-order valence-electron chi connectivity index (χ0n) is 15.5. The molecule has 1 heterocycles. The number of fused-ring (bicyclic) bond motifs is 1. The van der Waals surface area contributed by atoms with Crippen LogP contribution in [0, 0.1) is 0 Å². The Balaban J connectivity index is 1.37. The summed E-state index contributed by atoms with van der Waals surface area (Å²) in [6, 6.07) is 14.1. The van der Waals surface area contributed by atoms with Crippen LogP contribution in [0.25, 0.3) is 0 Å². The standard InChI is InChI=1S/C22H22N2O4/c25-20(13-14-24-21(26)16-9-3-4-10-17(16)22(24)27)23-18-11-5-6-12-19(18)28-15-7-1-2-8-15/h3-6,9-12,15H,1-2,7-8,13-14H2,(H,23,25). The van der Waals surface area contributed by atoms with Gasteiger partial charge in [-0.1, -0.05) is 24.3 Å². The van der Waals surface area contributed by atoms with Gasteiger partial charge in [0.15, 0.2) is 0 Å². The van der Waals surface area contributed by atoms with E-state index in [1.807, 2.05) is 18.2 Å². The average molecular weight is 378 g/mol. The summed E-state index contributed by atoms with van der Waals surface area (Å²) in [5.41, 5.74) is 1.40. The number of para-hydroxylation sites is 2. The van der Waals surface area contributed by atoms with Crippen molar-refractivity contribution >= 4 is 23.4 Å². The molecule has 0 atom stereocenters. The Morgan fingerprint density at radius 1 is 0.964 bits per heavy atom. The van der Waals surface area contributed by atoms with E-state index in [1.54, 1.807) is 30.3 Å². The minimum atomic E-state index is -0.349. The van der Waals surface area contributed by atoms with E-state index in [-0.39, 0.29) is 36.8 Å². The van der Waals surface area contributed by atoms with Crippen LogP contribution in [0.4, 0.5) is 5.69 Å². The third kappa shape index (κ3) is 3.63. The molecule has 1 aliphatic heterocycles. The lowest BCUT2D eigenvalue weighted by atomic mass is 10.1. The summed E-state index contributed by atoms with van der Waals surface area (Å²) >= 11 is 0. The highest BCUT2D eigenvalue weighted by atomic mass is 16.5. The van der Waals surface area contributed by atoms with Crippen molar-refractivity contribution in [2.45, 2.75) is 38.2 Å². The summed E-state index contributed by atoms with van der Waals surface area (Å²) in [6.45, 7) is 0.0455. The molecule has 0 saturated heterocycles. The molecule has 6 heteroatoms. The van der Waals surface area contributed by atoms with Crippen LogP contribution in [0.1, 0.15) is 52.8 Å². The van der Waals surface area contributed by atoms with E-state index in [9.17, 15) is 14.4 Å². The van der Waals surface area contributed by atoms with Gasteiger partial charge in [0.1, 0.15) is 5.75 Å². The van der Waals surface area contributed by atoms with E-state index in [4.69, 9.17) is 4.74 Å². The van der Waals surface area contributed by atoms with Crippen LogP contribution in [-0.2, 0) is 4.79 Å². The van der Waals surface area contributed by atoms with Crippen molar-refractivity contribution in [3.8, 4) is 5.75 Å². The lowest BCUT2D eigenvalue weighted by molar-refractivity contribution is -0.116. The molecule has 0 bridgehead atoms. The van der Waals surface area contributed by atoms with Gasteiger partial charge in [-0.15, -0.1) is 0 Å². The summed E-state index contributed by atoms with van der Waals surface area (Å²) in [5.74, 6) is -0.306. The molecule has 1 saturated carbocycles. The van der Waals surface area contributed by atoms with Crippen LogP contribution >= 0.6 is 0 Å². The third-order valence-corrected chi connectivity index (χ3v) is 5.20. The van der Waals surface area contributed by atoms with Gasteiger partial charge < -0.3 is 10.1 Å². The van der Waals surface area contributed by atoms with Crippen molar-refractivity contribution in [2.75, 3.05) is 11.9 Å². The molecule has 2 aliphatic rings. The predicted molar refractivity (Wildman–Crippen MR) is 104 cm³/mol. The van der Waals surface area contributed by atoms with Crippen LogP contribution in [0.2, 0.25) is 0 Å². The van der Waals surface area contributed by atoms with Crippen molar-refractivity contribution in [3.05, 3.63) is 59.7 Å². The predicted octanol–water partition coefficient (Wildman–Crippen LogP) is 3.63. The molecular weight excluding hydrogens is 356 g/mol. The summed E-state index contributed by atoms with van der Waals surface area (Å²) in [6.07, 6.45) is 4.61. The number of amides is 3. The normalized spacial score (nSPS) is 16.4. The third-order valence-electron chi connectivity index (χ3n) is 5.20. The average Bonchev–Trinajstić information content (AvgIpc) is 3.30. The maximum Gasteiger partial charge on any atom is 0.261 e. The first-order valence-electron chi connectivity index (χ1n) is 9.64. The number of nitrogens with zero attached hydrogens (tertiary/aromatic N) is 1. The van der Waals surface area contributed by atoms with Gasteiger partial charge in [-0.2, -0.15) is 0 Å². The van der Waals surface area contributed by atoms with E-state index in [0.717, 1.165) is 17.7 Å². The Bertz CT molecular complexity index is 883. The highest BCUT2D eigenvalue weighted by Crippen LogP contribution is 2.30. The summed E-state index contributed by atoms with van der Waals surface area (Å²) in [5, 5.41) is 2.85. The molecule has 0 spiro atoms. The quantitative estimate of drug-likeness (QED) is 0.779. The molecule has 3 amide bonds. The number of hydrogen-bond acceptors (Lipinski definition) is 4. The van der Waals surface area contributed by atoms with E-state index in [2.05, 4.69) is 5.32 Å². The van der Waals surface area contributed by atoms with Crippen LogP contribution < -0.4 is 10.1 Å². The topological polar surface area (TPSA) is 75.7 Å². The number of ether oxygens (including phenoxy) is 1. The number of nitrogens with one attached hydrogen (secondary N) is 1. The van der Waals surface area contributed by atoms with Crippen LogP contribution in [-0.4, -0.2) is 35.3 Å². The molecule has 0 radical (unpaired) electrons. The molecule has 0 aromatic heterocycles. The summed E-state index contributed by atoms with van der Waals surface area (Å²) < 4.78 is 6.03. The number of imide groups is 1. The molecule has 2 aromatic carbocycles. The van der Waals surface area contributed by atoms with E-state index < -0.39 is 0 Å². The van der Waals surface area contributed by atoms with Crippen molar-refractivity contribution in [1.82, 2.24) is 4.90 Å². The molecule has 4 rings (SSSR count). The SMILES string of the molecule is O=C(CCN1C(=O)c2ccccc2C1=O)Nc1ccccc1OC1CCCC1. The van der Waals surface area contributed by atoms with Gasteiger partial charge in [0.25, 0.3) is 11.8 Å². The van der Waals surface area contributed by atoms with Crippen LogP contribution in [0.3, 0.4) is 0 Å². The Morgan fingerprint density at radius 3 is 2.25 bits per heavy atom. The number of hydrogen-bond donors (Lipinski definition) is 1. The molecule has 1 N–H and O–H groups in total. The maximum absolute atomic E-state index is 12.4. The number of anilines is 1. The van der Waals surface area contributed by atoms with Gasteiger partial charge in [-0.3, -0.25) is 19.3 Å². The van der Waals surface area contributed by atoms with Crippen LogP contribution in [0.15, 0.2) is 48.5 Å². The molecule has 2 aromatic rings. The van der Waals surface area contributed by atoms with Crippen molar-refractivity contribution in [1.29, 1.82) is 0 Å². The second kappa shape index (κ2) is 7.84. The molecular formula is C22H22N2O4. The highest BCUT2D eigenvalue weighted by Gasteiger charge is 2.35. The maximum atomic E-state index is 12.4. The second-order valence-corrected chi connectivity index (χ2v) is 7.13. The Hall–Kier alpha value is -3.15. The number of rotatable bonds is 6. The smallest absolute Gasteiger partial charge is 0.261 e. The van der Waals surface area contributed by atoms with Crippen molar-refractivity contribution in [2.24, 2.45) is 0 Å². The van der Waals surface area contributed by atoms with Crippen LogP contribution in [0.5, 0.6) is 5.75 Å². The zero-order chi connectivity index (χ0) is 19.5. The molecule has 28 heavy (non-hydrogen) atoms. The van der Waals surface area contributed by atoms with E-state index in [1.165, 1.54) is 12.8 Å². The number of carbonyl (C=O) groups excluding carboxylic acids is 3. The minimum absolute atomic E-state index is 0.0310. The first kappa shape index (κ1) is 18.2. The lowest BCUT2D eigenvalue weighted by Crippen LogP contribution is -2.32. The van der Waals surface area contributed by atoms with Gasteiger partial charge in [0.05, 0.1) is 22.9 Å². The molecule has 1 aliphatic carbocycles. The number of benzene rings is 2. The Morgan fingerprint density at radius 2 is 1.57 bits per heavy atom. The lowest BCUT2D eigenvalue weighted by Gasteiger charge is -2.17. The Kier molecular flexibility index (Phi) is 5.10. The van der Waals surface area contributed by atoms with Crippen molar-refractivity contribution in [3.63, 3.8) is 0 Å². The largest absolute Gasteiger partial charge is 0.488 e. The van der Waals surface area contributed by atoms with Gasteiger partial charge in [-0.25, -0.2) is 0 Å². The van der Waals surface area contributed by atoms with Gasteiger partial charge >= 0.3 is 0 Å². The first-order valence-corrected chi connectivity index (χ1v) is 9.64. The second-order valence-electron chi connectivity index (χ2n) is 7.13. The fourth-order valence-corrected chi connectivity index (χ4v) is 3.73. The first-order chi connectivity index (χ1) is 13.6. The number of carbonyl (C=O) groups is 3. The summed E-state index contributed by atoms with van der Waals surface area (Å²) in [7, 11) is 0. The molecule has 144 valence electrons. The van der Waals surface area contributed by atoms with E-state index in [0.29, 0.717) is 22.6 Å². The molecule has 6 nitrogen and oxygen atoms in total. The van der Waals surface area contributed by atoms with Gasteiger partial charge in [-0.05, 0) is 49.9 Å².